The average Bonchev–Trinajstić information content (AvgIpc) is 2.68. The Morgan fingerprint density at radius 3 is 2.68 bits per heavy atom. The SMILES string of the molecule is CN(c1cccc(F)c1[N+](=O)[O-])C1CCS(=O)(=O)C1. The Balaban J connectivity index is 2.37. The first kappa shape index (κ1) is 13.7. The smallest absolute Gasteiger partial charge is 0.327 e. The summed E-state index contributed by atoms with van der Waals surface area (Å²) in [5.41, 5.74) is -0.513. The zero-order chi connectivity index (χ0) is 14.2. The Morgan fingerprint density at radius 1 is 1.47 bits per heavy atom. The number of nitrogens with zero attached hydrogens (tertiary/aromatic N) is 2. The molecule has 104 valence electrons. The van der Waals surface area contributed by atoms with Crippen LogP contribution in [0.25, 0.3) is 0 Å². The third kappa shape index (κ3) is 2.67. The quantitative estimate of drug-likeness (QED) is 0.619. The highest BCUT2D eigenvalue weighted by Crippen LogP contribution is 2.33. The highest BCUT2D eigenvalue weighted by molar-refractivity contribution is 7.91. The summed E-state index contributed by atoms with van der Waals surface area (Å²) < 4.78 is 36.4. The lowest BCUT2D eigenvalue weighted by Crippen LogP contribution is -2.33. The molecule has 19 heavy (non-hydrogen) atoms. The Kier molecular flexibility index (Phi) is 3.44. The number of benzene rings is 1. The lowest BCUT2D eigenvalue weighted by atomic mass is 10.2. The van der Waals surface area contributed by atoms with E-state index in [0.717, 1.165) is 6.07 Å². The van der Waals surface area contributed by atoms with Gasteiger partial charge in [-0.25, -0.2) is 8.42 Å². The van der Waals surface area contributed by atoms with E-state index in [-0.39, 0.29) is 23.2 Å². The van der Waals surface area contributed by atoms with Crippen LogP contribution >= 0.6 is 0 Å². The summed E-state index contributed by atoms with van der Waals surface area (Å²) in [5.74, 6) is -0.919. The van der Waals surface area contributed by atoms with E-state index in [1.165, 1.54) is 17.0 Å². The summed E-state index contributed by atoms with van der Waals surface area (Å²) in [6.07, 6.45) is 0.395. The molecule has 1 atom stereocenters. The lowest BCUT2D eigenvalue weighted by molar-refractivity contribution is -0.386. The van der Waals surface area contributed by atoms with Crippen LogP contribution in [-0.4, -0.2) is 37.9 Å². The fraction of sp³-hybridized carbons (Fsp3) is 0.455. The van der Waals surface area contributed by atoms with Gasteiger partial charge >= 0.3 is 5.69 Å². The minimum atomic E-state index is -3.10. The van der Waals surface area contributed by atoms with Gasteiger partial charge in [0.05, 0.1) is 16.4 Å². The van der Waals surface area contributed by atoms with Crippen molar-refractivity contribution in [1.82, 2.24) is 0 Å². The molecule has 8 heteroatoms. The normalized spacial score (nSPS) is 21.3. The van der Waals surface area contributed by atoms with E-state index in [2.05, 4.69) is 0 Å². The molecular formula is C11H13FN2O4S. The van der Waals surface area contributed by atoms with E-state index in [9.17, 15) is 22.9 Å². The number of para-hydroxylation sites is 1. The van der Waals surface area contributed by atoms with E-state index in [4.69, 9.17) is 0 Å². The molecule has 1 aromatic carbocycles. The first-order chi connectivity index (χ1) is 8.82. The monoisotopic (exact) mass is 288 g/mol. The molecule has 0 N–H and O–H groups in total. The van der Waals surface area contributed by atoms with Crippen LogP contribution in [0.15, 0.2) is 18.2 Å². The minimum Gasteiger partial charge on any atom is -0.365 e. The Hall–Kier alpha value is -1.70. The van der Waals surface area contributed by atoms with Crippen molar-refractivity contribution in [1.29, 1.82) is 0 Å². The van der Waals surface area contributed by atoms with E-state index in [1.807, 2.05) is 0 Å². The number of hydrogen-bond donors (Lipinski definition) is 0. The molecule has 1 unspecified atom stereocenters. The second-order valence-corrected chi connectivity index (χ2v) is 6.76. The Morgan fingerprint density at radius 2 is 2.16 bits per heavy atom. The van der Waals surface area contributed by atoms with Gasteiger partial charge in [-0.05, 0) is 18.6 Å². The predicted octanol–water partition coefficient (Wildman–Crippen LogP) is 1.36. The fourth-order valence-electron chi connectivity index (χ4n) is 2.25. The number of anilines is 1. The van der Waals surface area contributed by atoms with Gasteiger partial charge in [-0.3, -0.25) is 10.1 Å². The number of rotatable bonds is 3. The van der Waals surface area contributed by atoms with Gasteiger partial charge in [-0.1, -0.05) is 6.07 Å². The lowest BCUT2D eigenvalue weighted by Gasteiger charge is -2.25. The molecule has 0 saturated carbocycles. The van der Waals surface area contributed by atoms with Crippen molar-refractivity contribution in [3.05, 3.63) is 34.1 Å². The number of sulfone groups is 1. The van der Waals surface area contributed by atoms with Crippen molar-refractivity contribution >= 4 is 21.2 Å². The first-order valence-electron chi connectivity index (χ1n) is 5.68. The number of nitro benzene ring substituents is 1. The Labute approximate surface area is 109 Å². The molecule has 1 fully saturated rings. The molecule has 0 radical (unpaired) electrons. The largest absolute Gasteiger partial charge is 0.365 e. The van der Waals surface area contributed by atoms with Crippen molar-refractivity contribution in [2.45, 2.75) is 12.5 Å². The summed E-state index contributed by atoms with van der Waals surface area (Å²) in [7, 11) is -1.55. The highest BCUT2D eigenvalue weighted by Gasteiger charge is 2.33. The van der Waals surface area contributed by atoms with Gasteiger partial charge in [0.15, 0.2) is 9.84 Å². The van der Waals surface area contributed by atoms with Crippen LogP contribution in [0.4, 0.5) is 15.8 Å². The van der Waals surface area contributed by atoms with Crippen LogP contribution in [0.2, 0.25) is 0 Å². The van der Waals surface area contributed by atoms with Gasteiger partial charge in [-0.2, -0.15) is 4.39 Å². The van der Waals surface area contributed by atoms with Gasteiger partial charge in [0.25, 0.3) is 0 Å². The van der Waals surface area contributed by atoms with Crippen LogP contribution in [0, 0.1) is 15.9 Å². The van der Waals surface area contributed by atoms with Crippen molar-refractivity contribution < 1.29 is 17.7 Å². The highest BCUT2D eigenvalue weighted by atomic mass is 32.2. The molecule has 1 saturated heterocycles. The maximum absolute atomic E-state index is 13.5. The van der Waals surface area contributed by atoms with Gasteiger partial charge in [0.2, 0.25) is 5.82 Å². The van der Waals surface area contributed by atoms with Crippen LogP contribution in [0.1, 0.15) is 6.42 Å². The number of hydrogen-bond acceptors (Lipinski definition) is 5. The summed E-state index contributed by atoms with van der Waals surface area (Å²) >= 11 is 0. The second kappa shape index (κ2) is 4.76. The van der Waals surface area contributed by atoms with E-state index in [1.54, 1.807) is 7.05 Å². The molecule has 0 aromatic heterocycles. The van der Waals surface area contributed by atoms with Crippen LogP contribution in [-0.2, 0) is 9.84 Å². The third-order valence-electron chi connectivity index (χ3n) is 3.28. The third-order valence-corrected chi connectivity index (χ3v) is 5.03. The summed E-state index contributed by atoms with van der Waals surface area (Å²) in [6, 6.07) is 3.45. The molecule has 0 aliphatic carbocycles. The molecule has 2 rings (SSSR count). The fourth-order valence-corrected chi connectivity index (χ4v) is 4.02. The standard InChI is InChI=1S/C11H13FN2O4S/c1-13(8-5-6-19(17,18)7-8)10-4-2-3-9(12)11(10)14(15)16/h2-4,8H,5-7H2,1H3. The Bertz CT molecular complexity index is 617. The van der Waals surface area contributed by atoms with Gasteiger partial charge in [0.1, 0.15) is 5.69 Å². The second-order valence-electron chi connectivity index (χ2n) is 4.53. The molecule has 1 aromatic rings. The molecule has 6 nitrogen and oxygen atoms in total. The number of nitro groups is 1. The zero-order valence-corrected chi connectivity index (χ0v) is 11.1. The van der Waals surface area contributed by atoms with Crippen molar-refractivity contribution in [2.24, 2.45) is 0 Å². The maximum Gasteiger partial charge on any atom is 0.327 e. The van der Waals surface area contributed by atoms with Gasteiger partial charge in [-0.15, -0.1) is 0 Å². The summed E-state index contributed by atoms with van der Waals surface area (Å²) in [4.78, 5) is 11.6. The van der Waals surface area contributed by atoms with Crippen molar-refractivity contribution in [3.8, 4) is 0 Å². The molecule has 1 heterocycles. The van der Waals surface area contributed by atoms with E-state index in [0.29, 0.717) is 6.42 Å². The summed E-state index contributed by atoms with van der Waals surface area (Å²) in [5, 5.41) is 10.9. The van der Waals surface area contributed by atoms with Crippen LogP contribution < -0.4 is 4.90 Å². The van der Waals surface area contributed by atoms with E-state index >= 15 is 0 Å². The molecule has 0 bridgehead atoms. The summed E-state index contributed by atoms with van der Waals surface area (Å²) in [6.45, 7) is 0. The predicted molar refractivity (Wildman–Crippen MR) is 68.5 cm³/mol. The van der Waals surface area contributed by atoms with Crippen LogP contribution in [0.3, 0.4) is 0 Å². The first-order valence-corrected chi connectivity index (χ1v) is 7.50. The van der Waals surface area contributed by atoms with Crippen molar-refractivity contribution in [2.75, 3.05) is 23.5 Å². The number of halogens is 1. The van der Waals surface area contributed by atoms with E-state index < -0.39 is 26.3 Å². The van der Waals surface area contributed by atoms with Gasteiger partial charge in [0, 0.05) is 13.1 Å². The maximum atomic E-state index is 13.5. The molecule has 1 aliphatic rings. The topological polar surface area (TPSA) is 80.5 Å². The average molecular weight is 288 g/mol. The molecule has 0 amide bonds. The van der Waals surface area contributed by atoms with Crippen molar-refractivity contribution in [3.63, 3.8) is 0 Å². The molecule has 0 spiro atoms. The van der Waals surface area contributed by atoms with Crippen LogP contribution in [0.5, 0.6) is 0 Å². The molecule has 1 aliphatic heterocycles. The zero-order valence-electron chi connectivity index (χ0n) is 10.2. The minimum absolute atomic E-state index is 0.0584. The molecular weight excluding hydrogens is 275 g/mol. The van der Waals surface area contributed by atoms with Gasteiger partial charge < -0.3 is 4.90 Å².